The van der Waals surface area contributed by atoms with Gasteiger partial charge in [0, 0.05) is 32.1 Å². The molecule has 3 nitrogen and oxygen atoms in total. The Morgan fingerprint density at radius 2 is 1.93 bits per heavy atom. The SMILES string of the molecule is CC.CCC(=O)N1CCN(C)CC1C. The summed E-state index contributed by atoms with van der Waals surface area (Å²) in [5.41, 5.74) is 0. The van der Waals surface area contributed by atoms with Crippen molar-refractivity contribution >= 4 is 5.91 Å². The van der Waals surface area contributed by atoms with Gasteiger partial charge in [0.25, 0.3) is 0 Å². The second kappa shape index (κ2) is 6.82. The molecule has 1 aliphatic rings. The fourth-order valence-corrected chi connectivity index (χ4v) is 1.71. The Balaban J connectivity index is 0.000000791. The molecule has 1 unspecified atom stereocenters. The minimum Gasteiger partial charge on any atom is -0.337 e. The maximum atomic E-state index is 11.4. The Bertz CT molecular complexity index is 171. The molecular formula is C11H24N2O. The van der Waals surface area contributed by atoms with Crippen molar-refractivity contribution < 1.29 is 4.79 Å². The summed E-state index contributed by atoms with van der Waals surface area (Å²) in [5, 5.41) is 0. The predicted octanol–water partition coefficient (Wildman–Crippen LogP) is 1.59. The molecule has 0 aromatic carbocycles. The third-order valence-corrected chi connectivity index (χ3v) is 2.45. The number of nitrogens with zero attached hydrogens (tertiary/aromatic N) is 2. The second-order valence-corrected chi connectivity index (χ2v) is 3.55. The Morgan fingerprint density at radius 3 is 2.36 bits per heavy atom. The summed E-state index contributed by atoms with van der Waals surface area (Å²) in [4.78, 5) is 15.6. The molecule has 0 saturated carbocycles. The zero-order valence-corrected chi connectivity index (χ0v) is 10.2. The largest absolute Gasteiger partial charge is 0.337 e. The zero-order chi connectivity index (χ0) is 11.1. The van der Waals surface area contributed by atoms with Gasteiger partial charge in [0.2, 0.25) is 5.91 Å². The van der Waals surface area contributed by atoms with Gasteiger partial charge in [-0.2, -0.15) is 0 Å². The smallest absolute Gasteiger partial charge is 0.222 e. The number of rotatable bonds is 1. The molecule has 0 bridgehead atoms. The quantitative estimate of drug-likeness (QED) is 0.641. The number of hydrogen-bond donors (Lipinski definition) is 0. The first kappa shape index (κ1) is 13.4. The monoisotopic (exact) mass is 200 g/mol. The number of carbonyl (C=O) groups is 1. The van der Waals surface area contributed by atoms with E-state index in [4.69, 9.17) is 0 Å². The van der Waals surface area contributed by atoms with Crippen molar-refractivity contribution in [2.75, 3.05) is 26.7 Å². The van der Waals surface area contributed by atoms with Crippen molar-refractivity contribution in [3.8, 4) is 0 Å². The third-order valence-electron chi connectivity index (χ3n) is 2.45. The third kappa shape index (κ3) is 3.66. The number of piperazine rings is 1. The van der Waals surface area contributed by atoms with Crippen LogP contribution >= 0.6 is 0 Å². The topological polar surface area (TPSA) is 23.6 Å². The lowest BCUT2D eigenvalue weighted by Gasteiger charge is -2.38. The van der Waals surface area contributed by atoms with Gasteiger partial charge in [-0.1, -0.05) is 20.8 Å². The molecule has 1 rings (SSSR count). The molecule has 1 aliphatic heterocycles. The average Bonchev–Trinajstić information content (AvgIpc) is 2.20. The van der Waals surface area contributed by atoms with E-state index in [0.717, 1.165) is 19.6 Å². The second-order valence-electron chi connectivity index (χ2n) is 3.55. The van der Waals surface area contributed by atoms with Crippen molar-refractivity contribution in [3.05, 3.63) is 0 Å². The van der Waals surface area contributed by atoms with E-state index in [9.17, 15) is 4.79 Å². The van der Waals surface area contributed by atoms with E-state index in [-0.39, 0.29) is 5.91 Å². The highest BCUT2D eigenvalue weighted by atomic mass is 16.2. The molecule has 84 valence electrons. The van der Waals surface area contributed by atoms with Gasteiger partial charge in [-0.3, -0.25) is 4.79 Å². The Labute approximate surface area is 88.1 Å². The molecular weight excluding hydrogens is 176 g/mol. The van der Waals surface area contributed by atoms with Gasteiger partial charge in [-0.25, -0.2) is 0 Å². The van der Waals surface area contributed by atoms with Crippen molar-refractivity contribution in [1.29, 1.82) is 0 Å². The molecule has 1 saturated heterocycles. The van der Waals surface area contributed by atoms with E-state index >= 15 is 0 Å². The van der Waals surface area contributed by atoms with Gasteiger partial charge in [0.05, 0.1) is 0 Å². The lowest BCUT2D eigenvalue weighted by molar-refractivity contribution is -0.135. The summed E-state index contributed by atoms with van der Waals surface area (Å²) < 4.78 is 0. The van der Waals surface area contributed by atoms with Crippen molar-refractivity contribution in [3.63, 3.8) is 0 Å². The molecule has 0 spiro atoms. The maximum Gasteiger partial charge on any atom is 0.222 e. The summed E-state index contributed by atoms with van der Waals surface area (Å²) in [6.45, 7) is 10.9. The molecule has 3 heteroatoms. The molecule has 1 heterocycles. The van der Waals surface area contributed by atoms with Crippen LogP contribution in [0, 0.1) is 0 Å². The van der Waals surface area contributed by atoms with Crippen LogP contribution in [0.5, 0.6) is 0 Å². The predicted molar refractivity (Wildman–Crippen MR) is 60.3 cm³/mol. The molecule has 14 heavy (non-hydrogen) atoms. The van der Waals surface area contributed by atoms with Crippen LogP contribution in [-0.4, -0.2) is 48.4 Å². The van der Waals surface area contributed by atoms with Crippen LogP contribution in [0.1, 0.15) is 34.1 Å². The van der Waals surface area contributed by atoms with Gasteiger partial charge >= 0.3 is 0 Å². The highest BCUT2D eigenvalue weighted by Crippen LogP contribution is 2.08. The van der Waals surface area contributed by atoms with E-state index in [1.54, 1.807) is 0 Å². The van der Waals surface area contributed by atoms with Crippen LogP contribution in [0.3, 0.4) is 0 Å². The van der Waals surface area contributed by atoms with E-state index in [1.165, 1.54) is 0 Å². The lowest BCUT2D eigenvalue weighted by Crippen LogP contribution is -2.52. The highest BCUT2D eigenvalue weighted by Gasteiger charge is 2.23. The van der Waals surface area contributed by atoms with E-state index in [2.05, 4.69) is 18.9 Å². The first-order valence-corrected chi connectivity index (χ1v) is 5.63. The first-order valence-electron chi connectivity index (χ1n) is 5.63. The molecule has 1 amide bonds. The van der Waals surface area contributed by atoms with Crippen LogP contribution in [-0.2, 0) is 4.79 Å². The van der Waals surface area contributed by atoms with E-state index in [1.807, 2.05) is 25.7 Å². The Hall–Kier alpha value is -0.570. The van der Waals surface area contributed by atoms with Crippen LogP contribution in [0.4, 0.5) is 0 Å². The highest BCUT2D eigenvalue weighted by molar-refractivity contribution is 5.76. The first-order chi connectivity index (χ1) is 6.65. The zero-order valence-electron chi connectivity index (χ0n) is 10.2. The van der Waals surface area contributed by atoms with E-state index < -0.39 is 0 Å². The van der Waals surface area contributed by atoms with Gasteiger partial charge in [0.15, 0.2) is 0 Å². The van der Waals surface area contributed by atoms with Crippen LogP contribution in [0.15, 0.2) is 0 Å². The summed E-state index contributed by atoms with van der Waals surface area (Å²) in [5.74, 6) is 0.288. The van der Waals surface area contributed by atoms with E-state index in [0.29, 0.717) is 12.5 Å². The maximum absolute atomic E-state index is 11.4. The Morgan fingerprint density at radius 1 is 1.36 bits per heavy atom. The number of amides is 1. The van der Waals surface area contributed by atoms with Crippen LogP contribution < -0.4 is 0 Å². The lowest BCUT2D eigenvalue weighted by atomic mass is 10.2. The van der Waals surface area contributed by atoms with Gasteiger partial charge in [0.1, 0.15) is 0 Å². The van der Waals surface area contributed by atoms with Gasteiger partial charge in [-0.05, 0) is 14.0 Å². The molecule has 1 atom stereocenters. The summed E-state index contributed by atoms with van der Waals surface area (Å²) in [6, 6.07) is 0.385. The fourth-order valence-electron chi connectivity index (χ4n) is 1.71. The summed E-state index contributed by atoms with van der Waals surface area (Å²) >= 11 is 0. The van der Waals surface area contributed by atoms with Crippen molar-refractivity contribution in [1.82, 2.24) is 9.80 Å². The molecule has 0 aromatic rings. The van der Waals surface area contributed by atoms with Crippen LogP contribution in [0.25, 0.3) is 0 Å². The number of carbonyl (C=O) groups excluding carboxylic acids is 1. The molecule has 0 aromatic heterocycles. The standard InChI is InChI=1S/C9H18N2O.C2H6/c1-4-9(12)11-6-5-10(3)7-8(11)2;1-2/h8H,4-7H2,1-3H3;1-2H3. The van der Waals surface area contributed by atoms with Gasteiger partial charge in [-0.15, -0.1) is 0 Å². The molecule has 1 fully saturated rings. The fraction of sp³-hybridized carbons (Fsp3) is 0.909. The normalized spacial score (nSPS) is 22.6. The van der Waals surface area contributed by atoms with Crippen molar-refractivity contribution in [2.45, 2.75) is 40.2 Å². The minimum atomic E-state index is 0.288. The van der Waals surface area contributed by atoms with Crippen LogP contribution in [0.2, 0.25) is 0 Å². The number of hydrogen-bond acceptors (Lipinski definition) is 2. The average molecular weight is 200 g/mol. The van der Waals surface area contributed by atoms with Crippen molar-refractivity contribution in [2.24, 2.45) is 0 Å². The molecule has 0 N–H and O–H groups in total. The summed E-state index contributed by atoms with van der Waals surface area (Å²) in [7, 11) is 2.10. The molecule has 0 aliphatic carbocycles. The molecule has 0 radical (unpaired) electrons. The van der Waals surface area contributed by atoms with Gasteiger partial charge < -0.3 is 9.80 Å². The minimum absolute atomic E-state index is 0.288. The Kier molecular flexibility index (Phi) is 6.54. The number of likely N-dealkylation sites (N-methyl/N-ethyl adjacent to an activating group) is 1. The summed E-state index contributed by atoms with van der Waals surface area (Å²) in [6.07, 6.45) is 0.633.